The lowest BCUT2D eigenvalue weighted by atomic mass is 10.0. The van der Waals surface area contributed by atoms with Crippen LogP contribution in [0.1, 0.15) is 31.9 Å². The van der Waals surface area contributed by atoms with E-state index in [0.29, 0.717) is 6.04 Å². The molecule has 1 aliphatic heterocycles. The molecule has 94 valence electrons. The van der Waals surface area contributed by atoms with Gasteiger partial charge in [0.15, 0.2) is 0 Å². The second-order valence-corrected chi connectivity index (χ2v) is 4.70. The Balaban J connectivity index is 1.88. The van der Waals surface area contributed by atoms with Gasteiger partial charge < -0.3 is 5.32 Å². The fraction of sp³-hybridized carbons (Fsp3) is 0.692. The summed E-state index contributed by atoms with van der Waals surface area (Å²) >= 11 is 0. The molecular weight excluding hydrogens is 212 g/mol. The Labute approximate surface area is 103 Å². The van der Waals surface area contributed by atoms with E-state index in [1.54, 1.807) is 6.33 Å². The fourth-order valence-corrected chi connectivity index (χ4v) is 2.48. The van der Waals surface area contributed by atoms with Crippen molar-refractivity contribution < 1.29 is 0 Å². The molecule has 1 atom stereocenters. The number of aromatic nitrogens is 2. The van der Waals surface area contributed by atoms with Crippen molar-refractivity contribution in [2.24, 2.45) is 0 Å². The molecule has 0 aromatic carbocycles. The number of hydrogen-bond acceptors (Lipinski definition) is 4. The molecule has 2 heterocycles. The van der Waals surface area contributed by atoms with E-state index in [4.69, 9.17) is 0 Å². The van der Waals surface area contributed by atoms with Crippen LogP contribution in [0.3, 0.4) is 0 Å². The van der Waals surface area contributed by atoms with Crippen molar-refractivity contribution in [1.29, 1.82) is 0 Å². The molecule has 0 bridgehead atoms. The largest absolute Gasteiger partial charge is 0.368 e. The maximum Gasteiger partial charge on any atom is 0.129 e. The van der Waals surface area contributed by atoms with Gasteiger partial charge in [-0.15, -0.1) is 0 Å². The Morgan fingerprint density at radius 3 is 3.06 bits per heavy atom. The summed E-state index contributed by atoms with van der Waals surface area (Å²) in [5.74, 6) is 0.944. The molecule has 2 rings (SSSR count). The number of anilines is 1. The Bertz CT molecular complexity index is 353. The van der Waals surface area contributed by atoms with E-state index >= 15 is 0 Å². The Hall–Kier alpha value is -1.16. The number of piperidine rings is 1. The van der Waals surface area contributed by atoms with Gasteiger partial charge in [0.2, 0.25) is 0 Å². The van der Waals surface area contributed by atoms with Gasteiger partial charge >= 0.3 is 0 Å². The molecule has 0 spiro atoms. The van der Waals surface area contributed by atoms with Crippen molar-refractivity contribution in [3.8, 4) is 0 Å². The van der Waals surface area contributed by atoms with E-state index in [9.17, 15) is 0 Å². The zero-order chi connectivity index (χ0) is 12.1. The average molecular weight is 234 g/mol. The van der Waals surface area contributed by atoms with Crippen LogP contribution in [-0.2, 0) is 0 Å². The van der Waals surface area contributed by atoms with Crippen molar-refractivity contribution in [1.82, 2.24) is 14.9 Å². The van der Waals surface area contributed by atoms with Gasteiger partial charge in [-0.25, -0.2) is 9.97 Å². The van der Waals surface area contributed by atoms with Crippen LogP contribution < -0.4 is 5.32 Å². The number of likely N-dealkylation sites (N-methyl/N-ethyl adjacent to an activating group) is 1. The third kappa shape index (κ3) is 3.40. The molecule has 0 aliphatic carbocycles. The lowest BCUT2D eigenvalue weighted by molar-refractivity contribution is 0.164. The fourth-order valence-electron chi connectivity index (χ4n) is 2.48. The molecule has 1 fully saturated rings. The summed E-state index contributed by atoms with van der Waals surface area (Å²) in [6.07, 6.45) is 5.61. The normalized spacial score (nSPS) is 21.4. The molecule has 4 nitrogen and oxygen atoms in total. The SMILES string of the molecule is CCN1CCCC[C@H]1CNc1cc(C)ncn1. The van der Waals surface area contributed by atoms with Crippen LogP contribution in [0, 0.1) is 6.92 Å². The first-order chi connectivity index (χ1) is 8.29. The topological polar surface area (TPSA) is 41.0 Å². The van der Waals surface area contributed by atoms with Gasteiger partial charge in [-0.2, -0.15) is 0 Å². The molecule has 4 heteroatoms. The zero-order valence-electron chi connectivity index (χ0n) is 10.8. The van der Waals surface area contributed by atoms with E-state index in [0.717, 1.165) is 24.6 Å². The summed E-state index contributed by atoms with van der Waals surface area (Å²) in [4.78, 5) is 10.9. The number of nitrogens with one attached hydrogen (secondary N) is 1. The van der Waals surface area contributed by atoms with Crippen LogP contribution in [0.5, 0.6) is 0 Å². The summed E-state index contributed by atoms with van der Waals surface area (Å²) < 4.78 is 0. The summed E-state index contributed by atoms with van der Waals surface area (Å²) in [6.45, 7) is 7.62. The predicted octanol–water partition coefficient (Wildman–Crippen LogP) is 2.07. The van der Waals surface area contributed by atoms with E-state index in [1.165, 1.54) is 25.8 Å². The lowest BCUT2D eigenvalue weighted by Gasteiger charge is -2.35. The van der Waals surface area contributed by atoms with Gasteiger partial charge in [-0.05, 0) is 32.9 Å². The van der Waals surface area contributed by atoms with Gasteiger partial charge in [-0.3, -0.25) is 4.90 Å². The summed E-state index contributed by atoms with van der Waals surface area (Å²) in [5.41, 5.74) is 1.01. The molecule has 0 saturated carbocycles. The van der Waals surface area contributed by atoms with Gasteiger partial charge in [0.25, 0.3) is 0 Å². The first-order valence-corrected chi connectivity index (χ1v) is 6.56. The van der Waals surface area contributed by atoms with Crippen LogP contribution in [-0.4, -0.2) is 40.5 Å². The Kier molecular flexibility index (Phi) is 4.31. The quantitative estimate of drug-likeness (QED) is 0.866. The maximum atomic E-state index is 4.23. The minimum absolute atomic E-state index is 0.657. The minimum atomic E-state index is 0.657. The van der Waals surface area contributed by atoms with Crippen LogP contribution in [0.4, 0.5) is 5.82 Å². The van der Waals surface area contributed by atoms with Crippen molar-refractivity contribution in [2.75, 3.05) is 25.0 Å². The number of nitrogens with zero attached hydrogens (tertiary/aromatic N) is 3. The summed E-state index contributed by atoms with van der Waals surface area (Å²) in [7, 11) is 0. The second-order valence-electron chi connectivity index (χ2n) is 4.70. The lowest BCUT2D eigenvalue weighted by Crippen LogP contribution is -2.43. The molecule has 1 aromatic heterocycles. The average Bonchev–Trinajstić information content (AvgIpc) is 2.37. The van der Waals surface area contributed by atoms with Crippen molar-refractivity contribution in [3.05, 3.63) is 18.1 Å². The van der Waals surface area contributed by atoms with Crippen molar-refractivity contribution in [2.45, 2.75) is 39.2 Å². The molecule has 1 saturated heterocycles. The zero-order valence-corrected chi connectivity index (χ0v) is 10.8. The molecule has 0 radical (unpaired) electrons. The predicted molar refractivity (Wildman–Crippen MR) is 70.1 cm³/mol. The van der Waals surface area contributed by atoms with Crippen molar-refractivity contribution >= 4 is 5.82 Å². The van der Waals surface area contributed by atoms with Gasteiger partial charge in [-0.1, -0.05) is 13.3 Å². The molecular formula is C13H22N4. The first kappa shape index (κ1) is 12.3. The number of rotatable bonds is 4. The van der Waals surface area contributed by atoms with Crippen LogP contribution in [0.25, 0.3) is 0 Å². The molecule has 17 heavy (non-hydrogen) atoms. The van der Waals surface area contributed by atoms with E-state index in [2.05, 4.69) is 27.1 Å². The van der Waals surface area contributed by atoms with Gasteiger partial charge in [0.05, 0.1) is 0 Å². The first-order valence-electron chi connectivity index (χ1n) is 6.56. The van der Waals surface area contributed by atoms with Crippen LogP contribution in [0.15, 0.2) is 12.4 Å². The third-order valence-corrected chi connectivity index (χ3v) is 3.48. The maximum absolute atomic E-state index is 4.23. The van der Waals surface area contributed by atoms with Crippen LogP contribution >= 0.6 is 0 Å². The highest BCUT2D eigenvalue weighted by atomic mass is 15.2. The van der Waals surface area contributed by atoms with Gasteiger partial charge in [0, 0.05) is 24.3 Å². The number of hydrogen-bond donors (Lipinski definition) is 1. The Morgan fingerprint density at radius 1 is 1.41 bits per heavy atom. The highest BCUT2D eigenvalue weighted by Gasteiger charge is 2.20. The smallest absolute Gasteiger partial charge is 0.129 e. The summed E-state index contributed by atoms with van der Waals surface area (Å²) in [6, 6.07) is 2.66. The van der Waals surface area contributed by atoms with E-state index in [-0.39, 0.29) is 0 Å². The number of aryl methyl sites for hydroxylation is 1. The molecule has 0 unspecified atom stereocenters. The third-order valence-electron chi connectivity index (χ3n) is 3.48. The van der Waals surface area contributed by atoms with Crippen molar-refractivity contribution in [3.63, 3.8) is 0 Å². The van der Waals surface area contributed by atoms with E-state index < -0.39 is 0 Å². The summed E-state index contributed by atoms with van der Waals surface area (Å²) in [5, 5.41) is 3.43. The highest BCUT2D eigenvalue weighted by molar-refractivity contribution is 5.34. The van der Waals surface area contributed by atoms with Gasteiger partial charge in [0.1, 0.15) is 12.1 Å². The second kappa shape index (κ2) is 5.96. The molecule has 1 aromatic rings. The minimum Gasteiger partial charge on any atom is -0.368 e. The molecule has 1 aliphatic rings. The van der Waals surface area contributed by atoms with Crippen LogP contribution in [0.2, 0.25) is 0 Å². The van der Waals surface area contributed by atoms with E-state index in [1.807, 2.05) is 13.0 Å². The highest BCUT2D eigenvalue weighted by Crippen LogP contribution is 2.17. The Morgan fingerprint density at radius 2 is 2.29 bits per heavy atom. The number of likely N-dealkylation sites (tertiary alicyclic amines) is 1. The molecule has 1 N–H and O–H groups in total. The molecule has 0 amide bonds. The standard InChI is InChI=1S/C13H22N4/c1-3-17-7-5-4-6-12(17)9-14-13-8-11(2)15-10-16-13/h8,10,12H,3-7,9H2,1-2H3,(H,14,15,16)/t12-/m0/s1. The monoisotopic (exact) mass is 234 g/mol.